The zero-order valence-electron chi connectivity index (χ0n) is 39.6. The number of methoxy groups -OCH3 is 2. The second kappa shape index (κ2) is 21.0. The molecule has 0 aromatic heterocycles. The monoisotopic (exact) mass is 873 g/mol. The number of hydrogen-bond acceptors (Lipinski definition) is 16. The summed E-state index contributed by atoms with van der Waals surface area (Å²) in [5.41, 5.74) is -4.23. The largest absolute Gasteiger partial charge is 0.459 e. The Hall–Kier alpha value is -1.83. The van der Waals surface area contributed by atoms with Gasteiger partial charge in [0.05, 0.1) is 54.2 Å². The van der Waals surface area contributed by atoms with E-state index in [0.29, 0.717) is 12.8 Å². The van der Waals surface area contributed by atoms with E-state index < -0.39 is 102 Å². The summed E-state index contributed by atoms with van der Waals surface area (Å²) in [5.74, 6) is -4.88. The molecule has 0 spiro atoms. The molecule has 3 N–H and O–H groups in total. The Bertz CT molecular complexity index is 1460. The number of ether oxygens (including phenoxy) is 8. The van der Waals surface area contributed by atoms with Crippen LogP contribution in [-0.4, -0.2) is 175 Å². The number of hydrogen-bond donors (Lipinski definition) is 3. The molecule has 0 unspecified atom stereocenters. The number of aliphatic hydroxyl groups excluding tert-OH is 2. The summed E-state index contributed by atoms with van der Waals surface area (Å²) in [6.07, 6.45) is -5.85. The van der Waals surface area contributed by atoms with Gasteiger partial charge in [-0.1, -0.05) is 27.7 Å². The van der Waals surface area contributed by atoms with Gasteiger partial charge in [0, 0.05) is 64.4 Å². The van der Waals surface area contributed by atoms with E-state index in [2.05, 4.69) is 9.80 Å². The molecule has 4 rings (SSSR count). The highest BCUT2D eigenvalue weighted by Crippen LogP contribution is 2.43. The highest BCUT2D eigenvalue weighted by atomic mass is 16.7. The number of nitrogens with zero attached hydrogens (tertiary/aromatic N) is 2. The summed E-state index contributed by atoms with van der Waals surface area (Å²) in [7, 11) is 7.08. The molecule has 0 aromatic rings. The fourth-order valence-electron chi connectivity index (χ4n) is 10.6. The number of likely N-dealkylation sites (N-methyl/N-ethyl adjacent to an activating group) is 1. The van der Waals surface area contributed by atoms with Crippen molar-refractivity contribution in [3.05, 3.63) is 0 Å². The van der Waals surface area contributed by atoms with Gasteiger partial charge in [0.2, 0.25) is 0 Å². The molecule has 0 aliphatic carbocycles. The molecule has 0 saturated carbocycles. The van der Waals surface area contributed by atoms with Crippen molar-refractivity contribution in [2.75, 3.05) is 41.4 Å². The number of ketones is 1. The SMILES string of the molecule is CC[C@H]1OC(=O)[C@H](C)[C@@H](O[C@H]2C[C@@](C)(OC)[C@@H](OC(C)=O)[C@H](C)O2)[C@H](C)[C@@H](O[C@@H]2O[C@H](C)C[C@@H](N3CCC(O)CC3)[C@@H]2N(C)C)[C@@](C)(OC)C[C@@H](C)C(=O)[C@H](C)[C@@H](O)[C@]1(C)O. The van der Waals surface area contributed by atoms with Gasteiger partial charge in [0.25, 0.3) is 0 Å². The second-order valence-corrected chi connectivity index (χ2v) is 19.5. The lowest BCUT2D eigenvalue weighted by Crippen LogP contribution is -2.65. The van der Waals surface area contributed by atoms with Crippen LogP contribution in [-0.2, 0) is 52.3 Å². The molecule has 16 nitrogen and oxygen atoms in total. The predicted octanol–water partition coefficient (Wildman–Crippen LogP) is 3.47. The van der Waals surface area contributed by atoms with Crippen LogP contribution in [0.15, 0.2) is 0 Å². The quantitative estimate of drug-likeness (QED) is 0.270. The second-order valence-electron chi connectivity index (χ2n) is 19.5. The molecule has 0 aromatic carbocycles. The van der Waals surface area contributed by atoms with E-state index in [1.54, 1.807) is 41.7 Å². The molecule has 4 fully saturated rings. The van der Waals surface area contributed by atoms with E-state index in [4.69, 9.17) is 37.9 Å². The minimum atomic E-state index is -1.98. The number of aliphatic hydroxyl groups is 3. The summed E-state index contributed by atoms with van der Waals surface area (Å²) in [5, 5.41) is 33.8. The minimum absolute atomic E-state index is 0.0236. The Morgan fingerprint density at radius 3 is 2.02 bits per heavy atom. The zero-order valence-corrected chi connectivity index (χ0v) is 39.6. The topological polar surface area (TPSA) is 192 Å². The smallest absolute Gasteiger partial charge is 0.311 e. The number of esters is 2. The molecule has 354 valence electrons. The molecule has 61 heavy (non-hydrogen) atoms. The zero-order chi connectivity index (χ0) is 45.9. The number of carbonyl (C=O) groups excluding carboxylic acids is 3. The van der Waals surface area contributed by atoms with Crippen molar-refractivity contribution < 1.29 is 67.6 Å². The van der Waals surface area contributed by atoms with Gasteiger partial charge >= 0.3 is 11.9 Å². The first-order valence-electron chi connectivity index (χ1n) is 22.5. The van der Waals surface area contributed by atoms with Crippen LogP contribution < -0.4 is 0 Å². The van der Waals surface area contributed by atoms with Crippen LogP contribution in [0.5, 0.6) is 0 Å². The van der Waals surface area contributed by atoms with E-state index in [0.717, 1.165) is 19.5 Å². The van der Waals surface area contributed by atoms with E-state index in [1.807, 2.05) is 41.8 Å². The third kappa shape index (κ3) is 11.5. The Kier molecular flexibility index (Phi) is 17.8. The molecule has 0 radical (unpaired) electrons. The molecule has 4 aliphatic rings. The number of likely N-dealkylation sites (tertiary alicyclic amines) is 1. The highest BCUT2D eigenvalue weighted by molar-refractivity contribution is 5.83. The molecular weight excluding hydrogens is 792 g/mol. The molecule has 18 atom stereocenters. The Balaban J connectivity index is 1.88. The van der Waals surface area contributed by atoms with Crippen LogP contribution in [0.2, 0.25) is 0 Å². The van der Waals surface area contributed by atoms with Crippen LogP contribution in [0.3, 0.4) is 0 Å². The first-order chi connectivity index (χ1) is 28.3. The summed E-state index contributed by atoms with van der Waals surface area (Å²) in [6.45, 7) is 20.4. The minimum Gasteiger partial charge on any atom is -0.459 e. The number of rotatable bonds is 10. The van der Waals surface area contributed by atoms with Gasteiger partial charge in [-0.3, -0.25) is 19.3 Å². The van der Waals surface area contributed by atoms with Crippen LogP contribution in [0.4, 0.5) is 0 Å². The average molecular weight is 873 g/mol. The molecule has 0 bridgehead atoms. The third-order valence-corrected chi connectivity index (χ3v) is 14.4. The summed E-state index contributed by atoms with van der Waals surface area (Å²) in [4.78, 5) is 45.4. The number of carbonyl (C=O) groups is 3. The van der Waals surface area contributed by atoms with Crippen molar-refractivity contribution in [2.24, 2.45) is 23.7 Å². The lowest BCUT2D eigenvalue weighted by atomic mass is 9.73. The van der Waals surface area contributed by atoms with Crippen LogP contribution in [0.25, 0.3) is 0 Å². The summed E-state index contributed by atoms with van der Waals surface area (Å²) >= 11 is 0. The first kappa shape index (κ1) is 51.8. The molecule has 4 aliphatic heterocycles. The van der Waals surface area contributed by atoms with Gasteiger partial charge in [0.15, 0.2) is 18.7 Å². The van der Waals surface area contributed by atoms with E-state index in [9.17, 15) is 29.7 Å². The van der Waals surface area contributed by atoms with Gasteiger partial charge in [-0.05, 0) is 87.7 Å². The fraction of sp³-hybridized carbons (Fsp3) is 0.933. The van der Waals surface area contributed by atoms with Crippen molar-refractivity contribution in [3.63, 3.8) is 0 Å². The van der Waals surface area contributed by atoms with Gasteiger partial charge in [-0.2, -0.15) is 0 Å². The lowest BCUT2D eigenvalue weighted by molar-refractivity contribution is -0.315. The van der Waals surface area contributed by atoms with E-state index in [-0.39, 0.29) is 49.3 Å². The van der Waals surface area contributed by atoms with Crippen molar-refractivity contribution in [3.8, 4) is 0 Å². The lowest BCUT2D eigenvalue weighted by Gasteiger charge is -2.52. The maximum Gasteiger partial charge on any atom is 0.311 e. The van der Waals surface area contributed by atoms with Crippen LogP contribution >= 0.6 is 0 Å². The molecule has 0 amide bonds. The first-order valence-corrected chi connectivity index (χ1v) is 22.5. The molecule has 4 saturated heterocycles. The third-order valence-electron chi connectivity index (χ3n) is 14.4. The van der Waals surface area contributed by atoms with Crippen LogP contribution in [0, 0.1) is 23.7 Å². The van der Waals surface area contributed by atoms with Gasteiger partial charge in [-0.15, -0.1) is 0 Å². The Morgan fingerprint density at radius 1 is 0.885 bits per heavy atom. The normalized spacial score (nSPS) is 45.6. The van der Waals surface area contributed by atoms with Crippen molar-refractivity contribution >= 4 is 17.7 Å². The maximum absolute atomic E-state index is 14.5. The highest BCUT2D eigenvalue weighted by Gasteiger charge is 2.55. The summed E-state index contributed by atoms with van der Waals surface area (Å²) < 4.78 is 51.6. The summed E-state index contributed by atoms with van der Waals surface area (Å²) in [6, 6.07) is -0.241. The van der Waals surface area contributed by atoms with Crippen molar-refractivity contribution in [1.82, 2.24) is 9.80 Å². The Labute approximate surface area is 364 Å². The van der Waals surface area contributed by atoms with Gasteiger partial charge < -0.3 is 58.1 Å². The Morgan fingerprint density at radius 2 is 1.48 bits per heavy atom. The van der Waals surface area contributed by atoms with E-state index in [1.165, 1.54) is 21.0 Å². The maximum atomic E-state index is 14.5. The van der Waals surface area contributed by atoms with Gasteiger partial charge in [0.1, 0.15) is 23.1 Å². The predicted molar refractivity (Wildman–Crippen MR) is 225 cm³/mol. The molecule has 4 heterocycles. The van der Waals surface area contributed by atoms with E-state index >= 15 is 0 Å². The molecule has 16 heteroatoms. The number of Topliss-reactive ketones (excluding diaryl/α,β-unsaturated/α-hetero) is 1. The average Bonchev–Trinajstić information content (AvgIpc) is 3.20. The molecular formula is C45H80N2O14. The van der Waals surface area contributed by atoms with Gasteiger partial charge in [-0.25, -0.2) is 0 Å². The van der Waals surface area contributed by atoms with Crippen LogP contribution in [0.1, 0.15) is 115 Å². The standard InChI is InChI=1S/C45H80N2O14/c1-16-33-45(11,53)38(51)26(4)36(50)24(2)22-43(9,54-14)39(61-42-35(46(12)13)32(21-25(3)56-42)47-19-17-31(49)18-20-47)27(5)37(28(6)41(52)59-33)60-34-23-44(10,55-15)40(29(7)57-34)58-30(8)48/h24-29,31-35,37-40,42,49,51,53H,16-23H2,1-15H3/t24-,25-,26+,27+,28-,29+,32-,33-,34+,35+,37+,38-,39-,40+,42+,43+,44-,45-/m1/s1. The number of cyclic esters (lactones) is 1. The van der Waals surface area contributed by atoms with Crippen molar-refractivity contribution in [1.29, 1.82) is 0 Å². The number of piperidine rings is 1. The van der Waals surface area contributed by atoms with Crippen molar-refractivity contribution in [2.45, 2.75) is 205 Å². The fourth-order valence-corrected chi connectivity index (χ4v) is 10.6.